The second-order valence-corrected chi connectivity index (χ2v) is 3.54. The molecule has 0 saturated carbocycles. The Balaban J connectivity index is 1.98. The summed E-state index contributed by atoms with van der Waals surface area (Å²) in [6.07, 6.45) is -0.453. The molecule has 0 aliphatic carbocycles. The highest BCUT2D eigenvalue weighted by atomic mass is 19.1. The zero-order valence-electron chi connectivity index (χ0n) is 8.19. The van der Waals surface area contributed by atoms with Crippen molar-refractivity contribution in [2.45, 2.75) is 18.6 Å². The Bertz CT molecular complexity index is 315. The first-order valence-corrected chi connectivity index (χ1v) is 4.90. The van der Waals surface area contributed by atoms with Gasteiger partial charge < -0.3 is 15.2 Å². The van der Waals surface area contributed by atoms with Gasteiger partial charge in [-0.25, -0.2) is 4.39 Å². The van der Waals surface area contributed by atoms with Crippen molar-refractivity contribution in [2.24, 2.45) is 0 Å². The van der Waals surface area contributed by atoms with Gasteiger partial charge in [-0.15, -0.1) is 0 Å². The Hall–Kier alpha value is -1.29. The van der Waals surface area contributed by atoms with Crippen LogP contribution < -0.4 is 5.32 Å². The monoisotopic (exact) mass is 210 g/mol. The molecule has 1 radical (unpaired) electrons. The Labute approximate surface area is 87.9 Å². The van der Waals surface area contributed by atoms with E-state index >= 15 is 0 Å². The lowest BCUT2D eigenvalue weighted by Crippen LogP contribution is -2.36. The molecule has 0 spiro atoms. The molecule has 0 aromatic heterocycles. The standard InChI is InChI=1S/C11H13FNO2/c12-10-7-15-6-5-11(10)13-8-1-3-9(14)4-2-8/h1-4,7,10-11,13-14H,5-6H2. The van der Waals surface area contributed by atoms with Crippen LogP contribution >= 0.6 is 0 Å². The van der Waals surface area contributed by atoms with Crippen molar-refractivity contribution in [2.75, 3.05) is 11.9 Å². The number of anilines is 1. The molecule has 2 unspecified atom stereocenters. The highest BCUT2D eigenvalue weighted by Gasteiger charge is 2.25. The predicted molar refractivity (Wildman–Crippen MR) is 55.3 cm³/mol. The topological polar surface area (TPSA) is 41.5 Å². The third kappa shape index (κ3) is 2.59. The number of alkyl halides is 1. The Morgan fingerprint density at radius 2 is 2.07 bits per heavy atom. The van der Waals surface area contributed by atoms with E-state index in [0.717, 1.165) is 5.69 Å². The van der Waals surface area contributed by atoms with E-state index < -0.39 is 6.17 Å². The van der Waals surface area contributed by atoms with Crippen LogP contribution in [0, 0.1) is 6.61 Å². The molecule has 15 heavy (non-hydrogen) atoms. The number of aromatic hydroxyl groups is 1. The van der Waals surface area contributed by atoms with Crippen LogP contribution in [0.3, 0.4) is 0 Å². The van der Waals surface area contributed by atoms with Crippen LogP contribution in [0.15, 0.2) is 24.3 Å². The first-order valence-electron chi connectivity index (χ1n) is 4.90. The number of halogens is 1. The van der Waals surface area contributed by atoms with Crippen LogP contribution in [-0.4, -0.2) is 23.9 Å². The van der Waals surface area contributed by atoms with Gasteiger partial charge in [-0.1, -0.05) is 0 Å². The highest BCUT2D eigenvalue weighted by molar-refractivity contribution is 5.47. The molecular weight excluding hydrogens is 197 g/mol. The summed E-state index contributed by atoms with van der Waals surface area (Å²) in [5.41, 5.74) is 0.802. The summed E-state index contributed by atoms with van der Waals surface area (Å²) in [7, 11) is 0. The number of hydrogen-bond acceptors (Lipinski definition) is 3. The largest absolute Gasteiger partial charge is 0.508 e. The van der Waals surface area contributed by atoms with Gasteiger partial charge in [-0.2, -0.15) is 0 Å². The number of hydrogen-bond donors (Lipinski definition) is 2. The first kappa shape index (κ1) is 10.2. The maximum Gasteiger partial charge on any atom is 0.149 e. The average Bonchev–Trinajstić information content (AvgIpc) is 2.25. The van der Waals surface area contributed by atoms with E-state index in [1.165, 1.54) is 6.61 Å². The number of phenolic OH excluding ortho intramolecular Hbond substituents is 1. The fourth-order valence-electron chi connectivity index (χ4n) is 1.53. The molecule has 1 saturated heterocycles. The van der Waals surface area contributed by atoms with E-state index in [0.29, 0.717) is 13.0 Å². The summed E-state index contributed by atoms with van der Waals surface area (Å²) in [6, 6.07) is 6.33. The summed E-state index contributed by atoms with van der Waals surface area (Å²) in [5.74, 6) is 0.205. The summed E-state index contributed by atoms with van der Waals surface area (Å²) < 4.78 is 18.2. The summed E-state index contributed by atoms with van der Waals surface area (Å²) in [4.78, 5) is 0. The first-order chi connectivity index (χ1) is 7.25. The molecule has 1 aliphatic heterocycles. The molecule has 0 amide bonds. The molecule has 2 N–H and O–H groups in total. The van der Waals surface area contributed by atoms with Crippen molar-refractivity contribution in [1.82, 2.24) is 0 Å². The van der Waals surface area contributed by atoms with Gasteiger partial charge in [-0.05, 0) is 30.7 Å². The van der Waals surface area contributed by atoms with E-state index in [2.05, 4.69) is 5.32 Å². The van der Waals surface area contributed by atoms with Gasteiger partial charge >= 0.3 is 0 Å². The van der Waals surface area contributed by atoms with Crippen LogP contribution in [0.1, 0.15) is 6.42 Å². The maximum absolute atomic E-state index is 13.3. The quantitative estimate of drug-likeness (QED) is 0.734. The van der Waals surface area contributed by atoms with Crippen LogP contribution in [-0.2, 0) is 4.74 Å². The van der Waals surface area contributed by atoms with Gasteiger partial charge in [-0.3, -0.25) is 0 Å². The Morgan fingerprint density at radius 3 is 2.73 bits per heavy atom. The third-order valence-corrected chi connectivity index (χ3v) is 2.38. The molecule has 3 nitrogen and oxygen atoms in total. The van der Waals surface area contributed by atoms with Crippen molar-refractivity contribution in [3.8, 4) is 5.75 Å². The van der Waals surface area contributed by atoms with Crippen LogP contribution in [0.5, 0.6) is 5.75 Å². The van der Waals surface area contributed by atoms with E-state index in [1.807, 2.05) is 0 Å². The van der Waals surface area contributed by atoms with Crippen molar-refractivity contribution < 1.29 is 14.2 Å². The second kappa shape index (κ2) is 4.49. The van der Waals surface area contributed by atoms with Gasteiger partial charge in [0, 0.05) is 12.3 Å². The Morgan fingerprint density at radius 1 is 1.33 bits per heavy atom. The molecular formula is C11H13FNO2. The van der Waals surface area contributed by atoms with Crippen molar-refractivity contribution in [1.29, 1.82) is 0 Å². The highest BCUT2D eigenvalue weighted by Crippen LogP contribution is 2.21. The van der Waals surface area contributed by atoms with Crippen molar-refractivity contribution in [3.05, 3.63) is 30.9 Å². The minimum atomic E-state index is -1.09. The number of phenols is 1. The summed E-state index contributed by atoms with van der Waals surface area (Å²) in [6.45, 7) is 1.76. The van der Waals surface area contributed by atoms with Crippen LogP contribution in [0.2, 0.25) is 0 Å². The van der Waals surface area contributed by atoms with E-state index in [4.69, 9.17) is 9.84 Å². The molecule has 1 aromatic rings. The smallest absolute Gasteiger partial charge is 0.149 e. The lowest BCUT2D eigenvalue weighted by molar-refractivity contribution is 0.0847. The fraction of sp³-hybridized carbons (Fsp3) is 0.364. The zero-order valence-corrected chi connectivity index (χ0v) is 8.19. The maximum atomic E-state index is 13.3. The second-order valence-electron chi connectivity index (χ2n) is 3.54. The zero-order chi connectivity index (χ0) is 10.7. The average molecular weight is 210 g/mol. The van der Waals surface area contributed by atoms with Crippen LogP contribution in [0.25, 0.3) is 0 Å². The predicted octanol–water partition coefficient (Wildman–Crippen LogP) is 2.09. The van der Waals surface area contributed by atoms with E-state index in [-0.39, 0.29) is 11.8 Å². The molecule has 2 atom stereocenters. The SMILES string of the molecule is Oc1ccc(NC2CCO[CH]C2F)cc1. The molecule has 1 heterocycles. The number of nitrogens with one attached hydrogen (secondary N) is 1. The fourth-order valence-corrected chi connectivity index (χ4v) is 1.53. The van der Waals surface area contributed by atoms with E-state index in [9.17, 15) is 4.39 Å². The van der Waals surface area contributed by atoms with Crippen LogP contribution in [0.4, 0.5) is 10.1 Å². The molecule has 1 fully saturated rings. The molecule has 1 aromatic carbocycles. The summed E-state index contributed by atoms with van der Waals surface area (Å²) >= 11 is 0. The lowest BCUT2D eigenvalue weighted by atomic mass is 10.1. The minimum Gasteiger partial charge on any atom is -0.508 e. The molecule has 81 valence electrons. The number of rotatable bonds is 2. The van der Waals surface area contributed by atoms with Gasteiger partial charge in [0.25, 0.3) is 0 Å². The number of ether oxygens (including phenoxy) is 1. The summed E-state index contributed by atoms with van der Waals surface area (Å²) in [5, 5.41) is 12.1. The molecule has 0 bridgehead atoms. The normalized spacial score (nSPS) is 26.2. The lowest BCUT2D eigenvalue weighted by Gasteiger charge is -2.27. The van der Waals surface area contributed by atoms with Gasteiger partial charge in [0.05, 0.1) is 6.04 Å². The third-order valence-electron chi connectivity index (χ3n) is 2.38. The van der Waals surface area contributed by atoms with E-state index in [1.54, 1.807) is 24.3 Å². The minimum absolute atomic E-state index is 0.205. The van der Waals surface area contributed by atoms with Gasteiger partial charge in [0.1, 0.15) is 18.5 Å². The van der Waals surface area contributed by atoms with Crippen molar-refractivity contribution >= 4 is 5.69 Å². The Kier molecular flexibility index (Phi) is 3.06. The molecule has 1 aliphatic rings. The van der Waals surface area contributed by atoms with Gasteiger partial charge in [0.2, 0.25) is 0 Å². The number of benzene rings is 1. The van der Waals surface area contributed by atoms with Crippen molar-refractivity contribution in [3.63, 3.8) is 0 Å². The molecule has 2 rings (SSSR count). The molecule has 4 heteroatoms. The van der Waals surface area contributed by atoms with Gasteiger partial charge in [0.15, 0.2) is 0 Å².